The van der Waals surface area contributed by atoms with Crippen LogP contribution in [0.15, 0.2) is 42.5 Å². The van der Waals surface area contributed by atoms with E-state index in [1.165, 1.54) is 16.3 Å². The zero-order valence-electron chi connectivity index (χ0n) is 15.2. The lowest BCUT2D eigenvalue weighted by Gasteiger charge is -2.32. The number of carbonyl (C=O) groups is 1. The predicted octanol–water partition coefficient (Wildman–Crippen LogP) is 3.55. The van der Waals surface area contributed by atoms with Crippen molar-refractivity contribution in [2.45, 2.75) is 38.2 Å². The van der Waals surface area contributed by atoms with E-state index in [-0.39, 0.29) is 24.4 Å². The first-order chi connectivity index (χ1) is 12.3. The predicted molar refractivity (Wildman–Crippen MR) is 109 cm³/mol. The first-order valence-electron chi connectivity index (χ1n) is 9.33. The molecule has 4 nitrogen and oxygen atoms in total. The number of carbonyl (C=O) groups excluding carboxylic acids is 1. The van der Waals surface area contributed by atoms with E-state index in [2.05, 4.69) is 42.5 Å². The molecule has 0 radical (unpaired) electrons. The number of likely N-dealkylation sites (tertiary alicyclic amines) is 1. The van der Waals surface area contributed by atoms with E-state index in [0.29, 0.717) is 13.0 Å². The van der Waals surface area contributed by atoms with E-state index in [1.54, 1.807) is 0 Å². The molecular weight excluding hydrogens is 348 g/mol. The summed E-state index contributed by atoms with van der Waals surface area (Å²) >= 11 is 0. The Hall–Kier alpha value is -1.62. The molecule has 0 unspecified atom stereocenters. The van der Waals surface area contributed by atoms with Gasteiger partial charge in [0.2, 0.25) is 5.91 Å². The lowest BCUT2D eigenvalue weighted by Crippen LogP contribution is -2.41. The molecule has 0 atom stereocenters. The largest absolute Gasteiger partial charge is 0.378 e. The Labute approximate surface area is 162 Å². The smallest absolute Gasteiger partial charge is 0.222 e. The van der Waals surface area contributed by atoms with Crippen LogP contribution in [0.1, 0.15) is 31.2 Å². The normalized spacial score (nSPS) is 15.0. The van der Waals surface area contributed by atoms with E-state index in [1.807, 2.05) is 4.90 Å². The maximum Gasteiger partial charge on any atom is 0.222 e. The zero-order valence-corrected chi connectivity index (χ0v) is 16.0. The van der Waals surface area contributed by atoms with Gasteiger partial charge >= 0.3 is 0 Å². The number of aryl methyl sites for hydroxylation is 1. The SMILES string of the molecule is Cl.NCCCOC1CCN(C(=O)CCc2ccc3ccccc3c2)CC1. The fourth-order valence-electron chi connectivity index (χ4n) is 3.41. The van der Waals surface area contributed by atoms with Gasteiger partial charge < -0.3 is 15.4 Å². The van der Waals surface area contributed by atoms with Crippen LogP contribution in [0, 0.1) is 0 Å². The summed E-state index contributed by atoms with van der Waals surface area (Å²) in [5.41, 5.74) is 6.71. The van der Waals surface area contributed by atoms with Crippen LogP contribution in [-0.2, 0) is 16.0 Å². The number of amides is 1. The third-order valence-corrected chi connectivity index (χ3v) is 4.94. The van der Waals surface area contributed by atoms with Gasteiger partial charge in [0, 0.05) is 26.1 Å². The molecule has 0 bridgehead atoms. The third kappa shape index (κ3) is 5.70. The lowest BCUT2D eigenvalue weighted by atomic mass is 10.0. The quantitative estimate of drug-likeness (QED) is 0.752. The second-order valence-electron chi connectivity index (χ2n) is 6.77. The minimum Gasteiger partial charge on any atom is -0.378 e. The second-order valence-corrected chi connectivity index (χ2v) is 6.77. The number of rotatable bonds is 7. The summed E-state index contributed by atoms with van der Waals surface area (Å²) in [4.78, 5) is 14.5. The van der Waals surface area contributed by atoms with Gasteiger partial charge in [0.05, 0.1) is 6.10 Å². The Morgan fingerprint density at radius 3 is 2.58 bits per heavy atom. The molecule has 2 N–H and O–H groups in total. The highest BCUT2D eigenvalue weighted by molar-refractivity contribution is 5.85. The number of hydrogen-bond acceptors (Lipinski definition) is 3. The molecule has 1 fully saturated rings. The highest BCUT2D eigenvalue weighted by Crippen LogP contribution is 2.18. The number of fused-ring (bicyclic) bond motifs is 1. The fraction of sp³-hybridized carbons (Fsp3) is 0.476. The molecule has 26 heavy (non-hydrogen) atoms. The van der Waals surface area contributed by atoms with Crippen LogP contribution in [0.5, 0.6) is 0 Å². The molecule has 0 aliphatic carbocycles. The van der Waals surface area contributed by atoms with E-state index in [0.717, 1.165) is 45.4 Å². The standard InChI is InChI=1S/C21H28N2O2.ClH/c22-12-3-15-25-20-10-13-23(14-11-20)21(24)9-7-17-6-8-18-4-1-2-5-19(18)16-17;/h1-2,4-6,8,16,20H,3,7,9-15,22H2;1H. The molecule has 5 heteroatoms. The van der Waals surface area contributed by atoms with Crippen molar-refractivity contribution in [2.24, 2.45) is 5.73 Å². The molecule has 0 spiro atoms. The zero-order chi connectivity index (χ0) is 17.5. The molecule has 1 heterocycles. The van der Waals surface area contributed by atoms with Gasteiger partial charge in [-0.05, 0) is 48.6 Å². The van der Waals surface area contributed by atoms with Gasteiger partial charge in [-0.15, -0.1) is 12.4 Å². The summed E-state index contributed by atoms with van der Waals surface area (Å²) in [6, 6.07) is 14.8. The summed E-state index contributed by atoms with van der Waals surface area (Å²) in [5, 5.41) is 2.48. The summed E-state index contributed by atoms with van der Waals surface area (Å²) in [6.07, 6.45) is 4.45. The number of ether oxygens (including phenoxy) is 1. The van der Waals surface area contributed by atoms with Crippen LogP contribution in [0.25, 0.3) is 10.8 Å². The minimum atomic E-state index is 0. The highest BCUT2D eigenvalue weighted by Gasteiger charge is 2.22. The van der Waals surface area contributed by atoms with E-state index >= 15 is 0 Å². The third-order valence-electron chi connectivity index (χ3n) is 4.94. The van der Waals surface area contributed by atoms with E-state index < -0.39 is 0 Å². The van der Waals surface area contributed by atoms with Gasteiger partial charge in [0.25, 0.3) is 0 Å². The van der Waals surface area contributed by atoms with Crippen LogP contribution >= 0.6 is 12.4 Å². The highest BCUT2D eigenvalue weighted by atomic mass is 35.5. The number of piperidine rings is 1. The van der Waals surface area contributed by atoms with E-state index in [4.69, 9.17) is 10.5 Å². The van der Waals surface area contributed by atoms with Crippen LogP contribution in [-0.4, -0.2) is 43.2 Å². The summed E-state index contributed by atoms with van der Waals surface area (Å²) in [5.74, 6) is 0.258. The Kier molecular flexibility index (Phi) is 8.36. The molecule has 142 valence electrons. The maximum atomic E-state index is 12.5. The molecule has 2 aromatic rings. The van der Waals surface area contributed by atoms with Crippen molar-refractivity contribution in [1.29, 1.82) is 0 Å². The lowest BCUT2D eigenvalue weighted by molar-refractivity contribution is -0.133. The number of benzene rings is 2. The first-order valence-corrected chi connectivity index (χ1v) is 9.33. The number of nitrogens with two attached hydrogens (primary N) is 1. The average Bonchev–Trinajstić information content (AvgIpc) is 2.66. The van der Waals surface area contributed by atoms with Gasteiger partial charge in [-0.2, -0.15) is 0 Å². The molecule has 3 rings (SSSR count). The number of nitrogens with zero attached hydrogens (tertiary/aromatic N) is 1. The summed E-state index contributed by atoms with van der Waals surface area (Å²) < 4.78 is 5.80. The van der Waals surface area contributed by atoms with Crippen LogP contribution in [0.4, 0.5) is 0 Å². The van der Waals surface area contributed by atoms with Gasteiger partial charge in [-0.3, -0.25) is 4.79 Å². The molecule has 1 aliphatic rings. The van der Waals surface area contributed by atoms with Crippen molar-refractivity contribution < 1.29 is 9.53 Å². The van der Waals surface area contributed by atoms with Crippen molar-refractivity contribution >= 4 is 29.1 Å². The molecule has 1 aliphatic heterocycles. The monoisotopic (exact) mass is 376 g/mol. The topological polar surface area (TPSA) is 55.6 Å². The van der Waals surface area contributed by atoms with Crippen molar-refractivity contribution in [3.8, 4) is 0 Å². The molecule has 0 aromatic heterocycles. The first kappa shape index (κ1) is 20.7. The molecule has 1 amide bonds. The summed E-state index contributed by atoms with van der Waals surface area (Å²) in [6.45, 7) is 3.02. The molecular formula is C21H29ClN2O2. The second kappa shape index (κ2) is 10.5. The molecule has 1 saturated heterocycles. The van der Waals surface area contributed by atoms with Crippen molar-refractivity contribution in [1.82, 2.24) is 4.90 Å². The van der Waals surface area contributed by atoms with Crippen LogP contribution < -0.4 is 5.73 Å². The average molecular weight is 377 g/mol. The number of hydrogen-bond donors (Lipinski definition) is 1. The Balaban J connectivity index is 0.00000243. The minimum absolute atomic E-state index is 0. The molecule has 0 saturated carbocycles. The van der Waals surface area contributed by atoms with Gasteiger partial charge in [0.15, 0.2) is 0 Å². The number of halogens is 1. The van der Waals surface area contributed by atoms with Crippen LogP contribution in [0.3, 0.4) is 0 Å². The summed E-state index contributed by atoms with van der Waals surface area (Å²) in [7, 11) is 0. The van der Waals surface area contributed by atoms with E-state index in [9.17, 15) is 4.79 Å². The molecule has 2 aromatic carbocycles. The maximum absolute atomic E-state index is 12.5. The Morgan fingerprint density at radius 2 is 1.85 bits per heavy atom. The Morgan fingerprint density at radius 1 is 1.12 bits per heavy atom. The van der Waals surface area contributed by atoms with Crippen LogP contribution in [0.2, 0.25) is 0 Å². The Bertz CT molecular complexity index is 699. The van der Waals surface area contributed by atoms with Gasteiger partial charge in [-0.1, -0.05) is 42.5 Å². The van der Waals surface area contributed by atoms with Gasteiger partial charge in [0.1, 0.15) is 0 Å². The fourth-order valence-corrected chi connectivity index (χ4v) is 3.41. The van der Waals surface area contributed by atoms with Crippen molar-refractivity contribution in [3.05, 3.63) is 48.0 Å². The van der Waals surface area contributed by atoms with Crippen molar-refractivity contribution in [2.75, 3.05) is 26.2 Å². The van der Waals surface area contributed by atoms with Crippen molar-refractivity contribution in [3.63, 3.8) is 0 Å². The van der Waals surface area contributed by atoms with Gasteiger partial charge in [-0.25, -0.2) is 0 Å².